The number of rotatable bonds is 9. The monoisotopic (exact) mass is 596 g/mol. The number of nitrogens with one attached hydrogen (secondary N) is 2. The van der Waals surface area contributed by atoms with Crippen LogP contribution in [-0.2, 0) is 27.4 Å². The summed E-state index contributed by atoms with van der Waals surface area (Å²) in [6.07, 6.45) is -5.07. The molecule has 210 valence electrons. The van der Waals surface area contributed by atoms with Gasteiger partial charge in [-0.1, -0.05) is 29.8 Å². The van der Waals surface area contributed by atoms with Gasteiger partial charge in [0.2, 0.25) is 11.8 Å². The highest BCUT2D eigenvalue weighted by Crippen LogP contribution is 2.35. The van der Waals surface area contributed by atoms with Gasteiger partial charge in [0.1, 0.15) is 16.4 Å². The maximum Gasteiger partial charge on any atom is 0.470 e. The van der Waals surface area contributed by atoms with Gasteiger partial charge in [-0.05, 0) is 29.8 Å². The lowest BCUT2D eigenvalue weighted by molar-refractivity contribution is -0.157. The first-order chi connectivity index (χ1) is 18.9. The second-order valence-corrected chi connectivity index (χ2v) is 10.2. The van der Waals surface area contributed by atoms with E-state index < -0.39 is 38.8 Å². The number of aromatic nitrogens is 2. The molecule has 0 aliphatic rings. The first kappa shape index (κ1) is 28.7. The fourth-order valence-electron chi connectivity index (χ4n) is 3.54. The maximum atomic E-state index is 13.5. The maximum absolute atomic E-state index is 13.5. The van der Waals surface area contributed by atoms with E-state index in [2.05, 4.69) is 20.2 Å². The highest BCUT2D eigenvalue weighted by atomic mass is 35.5. The van der Waals surface area contributed by atoms with E-state index in [-0.39, 0.29) is 34.9 Å². The van der Waals surface area contributed by atoms with Gasteiger partial charge >= 0.3 is 12.1 Å². The topological polar surface area (TPSA) is 133 Å². The summed E-state index contributed by atoms with van der Waals surface area (Å²) >= 11 is 6.11. The highest BCUT2D eigenvalue weighted by Gasteiger charge is 2.39. The van der Waals surface area contributed by atoms with Gasteiger partial charge in [0.15, 0.2) is 0 Å². The van der Waals surface area contributed by atoms with Crippen molar-refractivity contribution < 1.29 is 40.3 Å². The molecule has 4 rings (SSSR count). The SMILES string of the molecule is COc1cc(NS(=O)(=O)c2cc(NC(=O)Cc3ccccc3Cl)ccc2-c2nnc(C(F)(F)F)o2)cc(OC)c1. The van der Waals surface area contributed by atoms with Crippen molar-refractivity contribution in [3.63, 3.8) is 0 Å². The Balaban J connectivity index is 1.74. The van der Waals surface area contributed by atoms with Crippen LogP contribution >= 0.6 is 11.6 Å². The summed E-state index contributed by atoms with van der Waals surface area (Å²) in [7, 11) is -1.80. The Morgan fingerprint density at radius 2 is 1.65 bits per heavy atom. The van der Waals surface area contributed by atoms with Crippen molar-refractivity contribution in [3.8, 4) is 23.0 Å². The molecule has 40 heavy (non-hydrogen) atoms. The van der Waals surface area contributed by atoms with Crippen LogP contribution in [0.2, 0.25) is 5.02 Å². The van der Waals surface area contributed by atoms with Gasteiger partial charge < -0.3 is 19.2 Å². The first-order valence-electron chi connectivity index (χ1n) is 11.2. The number of alkyl halides is 3. The zero-order chi connectivity index (χ0) is 29.1. The van der Waals surface area contributed by atoms with Gasteiger partial charge in [0.05, 0.1) is 31.9 Å². The lowest BCUT2D eigenvalue weighted by Crippen LogP contribution is -2.17. The zero-order valence-corrected chi connectivity index (χ0v) is 22.3. The predicted molar refractivity (Wildman–Crippen MR) is 139 cm³/mol. The lowest BCUT2D eigenvalue weighted by Gasteiger charge is -2.14. The second kappa shape index (κ2) is 11.4. The number of sulfonamides is 1. The van der Waals surface area contributed by atoms with E-state index in [9.17, 15) is 26.4 Å². The van der Waals surface area contributed by atoms with Crippen molar-refractivity contribution in [2.45, 2.75) is 17.5 Å². The molecule has 2 N–H and O–H groups in total. The zero-order valence-electron chi connectivity index (χ0n) is 20.7. The van der Waals surface area contributed by atoms with Crippen LogP contribution < -0.4 is 19.5 Å². The average Bonchev–Trinajstić information content (AvgIpc) is 3.40. The molecule has 0 unspecified atom stereocenters. The fourth-order valence-corrected chi connectivity index (χ4v) is 5.01. The van der Waals surface area contributed by atoms with E-state index in [1.54, 1.807) is 24.3 Å². The van der Waals surface area contributed by atoms with E-state index in [1.807, 2.05) is 0 Å². The van der Waals surface area contributed by atoms with Crippen LogP contribution in [0, 0.1) is 0 Å². The van der Waals surface area contributed by atoms with Gasteiger partial charge in [0.25, 0.3) is 10.0 Å². The molecular weight excluding hydrogens is 577 g/mol. The van der Waals surface area contributed by atoms with Crippen LogP contribution in [-0.4, -0.2) is 38.7 Å². The summed E-state index contributed by atoms with van der Waals surface area (Å²) in [4.78, 5) is 12.1. The minimum absolute atomic E-state index is 0.0248. The molecule has 1 heterocycles. The molecule has 0 fully saturated rings. The third kappa shape index (κ3) is 6.63. The molecule has 0 aliphatic heterocycles. The molecule has 0 atom stereocenters. The normalized spacial score (nSPS) is 11.7. The molecule has 1 amide bonds. The van der Waals surface area contributed by atoms with Crippen LogP contribution in [0.3, 0.4) is 0 Å². The molecule has 3 aromatic carbocycles. The van der Waals surface area contributed by atoms with Crippen molar-refractivity contribution in [3.05, 3.63) is 77.1 Å². The molecule has 0 bridgehead atoms. The second-order valence-electron chi connectivity index (χ2n) is 8.14. The molecule has 0 radical (unpaired) electrons. The number of halogens is 4. The molecule has 15 heteroatoms. The van der Waals surface area contributed by atoms with E-state index in [0.717, 1.165) is 12.1 Å². The van der Waals surface area contributed by atoms with Gasteiger partial charge in [-0.15, -0.1) is 10.2 Å². The van der Waals surface area contributed by atoms with Crippen molar-refractivity contribution >= 4 is 38.9 Å². The number of ether oxygens (including phenoxy) is 2. The van der Waals surface area contributed by atoms with Gasteiger partial charge in [0, 0.05) is 28.9 Å². The Hall–Kier alpha value is -4.30. The summed E-state index contributed by atoms with van der Waals surface area (Å²) in [5.41, 5.74) is 0.247. The van der Waals surface area contributed by atoms with E-state index in [1.165, 1.54) is 38.5 Å². The number of hydrogen-bond donors (Lipinski definition) is 2. The summed E-state index contributed by atoms with van der Waals surface area (Å²) in [5, 5.41) is 9.27. The summed E-state index contributed by atoms with van der Waals surface area (Å²) in [5.74, 6) is -2.35. The van der Waals surface area contributed by atoms with Gasteiger partial charge in [-0.25, -0.2) is 8.42 Å². The van der Waals surface area contributed by atoms with E-state index >= 15 is 0 Å². The Labute approximate surface area is 231 Å². The Bertz CT molecular complexity index is 1640. The average molecular weight is 597 g/mol. The number of carbonyl (C=O) groups excluding carboxylic acids is 1. The van der Waals surface area contributed by atoms with Crippen molar-refractivity contribution in [1.29, 1.82) is 0 Å². The van der Waals surface area contributed by atoms with Gasteiger partial charge in [-0.3, -0.25) is 9.52 Å². The summed E-state index contributed by atoms with van der Waals surface area (Å²) in [6, 6.07) is 14.4. The first-order valence-corrected chi connectivity index (χ1v) is 13.1. The number of amides is 1. The third-order valence-electron chi connectivity index (χ3n) is 5.37. The van der Waals surface area contributed by atoms with Crippen LogP contribution in [0.5, 0.6) is 11.5 Å². The van der Waals surface area contributed by atoms with Crippen LogP contribution in [0.1, 0.15) is 11.5 Å². The number of methoxy groups -OCH3 is 2. The molecule has 0 saturated carbocycles. The quantitative estimate of drug-likeness (QED) is 0.262. The summed E-state index contributed by atoms with van der Waals surface area (Å²) in [6.45, 7) is 0. The number of nitrogens with zero attached hydrogens (tertiary/aromatic N) is 2. The predicted octanol–water partition coefficient (Wildman–Crippen LogP) is 5.41. The molecule has 0 saturated heterocycles. The molecule has 0 aliphatic carbocycles. The van der Waals surface area contributed by atoms with Crippen LogP contribution in [0.15, 0.2) is 70.0 Å². The van der Waals surface area contributed by atoms with E-state index in [4.69, 9.17) is 25.5 Å². The number of anilines is 2. The fraction of sp³-hybridized carbons (Fsp3) is 0.160. The van der Waals surface area contributed by atoms with Gasteiger partial charge in [-0.2, -0.15) is 13.2 Å². The summed E-state index contributed by atoms with van der Waals surface area (Å²) < 4.78 is 83.7. The van der Waals surface area contributed by atoms with E-state index in [0.29, 0.717) is 10.6 Å². The van der Waals surface area contributed by atoms with Crippen molar-refractivity contribution in [1.82, 2.24) is 10.2 Å². The highest BCUT2D eigenvalue weighted by molar-refractivity contribution is 7.92. The standard InChI is InChI=1S/C25H20ClF3N4O6S/c1-37-17-10-16(11-18(13-17)38-2)33-40(35,36)21-12-15(30-22(34)9-14-5-3-4-6-20(14)26)7-8-19(21)23-31-32-24(39-23)25(27,28)29/h3-8,10-13,33H,9H2,1-2H3,(H,30,34). The third-order valence-corrected chi connectivity index (χ3v) is 7.16. The molecule has 1 aromatic heterocycles. The van der Waals surface area contributed by atoms with Crippen LogP contribution in [0.4, 0.5) is 24.5 Å². The Morgan fingerprint density at radius 3 is 2.25 bits per heavy atom. The molecule has 4 aromatic rings. The van der Waals surface area contributed by atoms with Crippen LogP contribution in [0.25, 0.3) is 11.5 Å². The number of hydrogen-bond acceptors (Lipinski definition) is 8. The molecule has 0 spiro atoms. The lowest BCUT2D eigenvalue weighted by atomic mass is 10.1. The Kier molecular flexibility index (Phi) is 8.21. The minimum Gasteiger partial charge on any atom is -0.497 e. The smallest absolute Gasteiger partial charge is 0.470 e. The molecular formula is C25H20ClF3N4O6S. The number of carbonyl (C=O) groups is 1. The Morgan fingerprint density at radius 1 is 0.975 bits per heavy atom. The molecule has 10 nitrogen and oxygen atoms in total. The van der Waals surface area contributed by atoms with Crippen molar-refractivity contribution in [2.75, 3.05) is 24.3 Å². The minimum atomic E-state index is -4.95. The largest absolute Gasteiger partial charge is 0.497 e. The van der Waals surface area contributed by atoms with Crippen molar-refractivity contribution in [2.24, 2.45) is 0 Å². The number of benzene rings is 3.